The van der Waals surface area contributed by atoms with Crippen molar-refractivity contribution in [2.24, 2.45) is 0 Å². The minimum Gasteiger partial charge on any atom is -0.396 e. The number of unbranched alkanes of at least 4 members (excludes halogenated alkanes) is 4. The molecule has 4 heteroatoms. The first-order chi connectivity index (χ1) is 9.86. The maximum absolute atomic E-state index is 8.69. The molecule has 0 saturated heterocycles. The molecule has 0 fully saturated rings. The number of anilines is 2. The standard InChI is InChI=1S/C16H28N2O2/c19-13-5-1-3-11-17-15-7-9-16(10-8-15)18-12-4-2-6-14-20/h7-10,17-20H,1-6,11-14H2. The Bertz CT molecular complexity index is 295. The van der Waals surface area contributed by atoms with Gasteiger partial charge >= 0.3 is 0 Å². The summed E-state index contributed by atoms with van der Waals surface area (Å²) in [5.41, 5.74) is 2.28. The molecule has 0 unspecified atom stereocenters. The van der Waals surface area contributed by atoms with E-state index in [9.17, 15) is 0 Å². The van der Waals surface area contributed by atoms with Crippen LogP contribution in [0.15, 0.2) is 24.3 Å². The number of nitrogens with one attached hydrogen (secondary N) is 2. The largest absolute Gasteiger partial charge is 0.396 e. The summed E-state index contributed by atoms with van der Waals surface area (Å²) >= 11 is 0. The number of aliphatic hydroxyl groups excluding tert-OH is 2. The molecule has 1 aromatic carbocycles. The van der Waals surface area contributed by atoms with Crippen LogP contribution < -0.4 is 10.6 Å². The van der Waals surface area contributed by atoms with Gasteiger partial charge in [-0.3, -0.25) is 0 Å². The Morgan fingerprint density at radius 1 is 0.600 bits per heavy atom. The van der Waals surface area contributed by atoms with Crippen LogP contribution in [0, 0.1) is 0 Å². The zero-order chi connectivity index (χ0) is 14.5. The van der Waals surface area contributed by atoms with Crippen molar-refractivity contribution in [3.8, 4) is 0 Å². The van der Waals surface area contributed by atoms with Crippen LogP contribution in [-0.2, 0) is 0 Å². The van der Waals surface area contributed by atoms with Crippen molar-refractivity contribution < 1.29 is 10.2 Å². The first kappa shape index (κ1) is 16.8. The van der Waals surface area contributed by atoms with E-state index >= 15 is 0 Å². The minimum absolute atomic E-state index is 0.290. The summed E-state index contributed by atoms with van der Waals surface area (Å²) in [4.78, 5) is 0. The molecule has 0 aliphatic heterocycles. The van der Waals surface area contributed by atoms with Crippen LogP contribution in [-0.4, -0.2) is 36.5 Å². The molecule has 0 amide bonds. The van der Waals surface area contributed by atoms with Gasteiger partial charge in [0.05, 0.1) is 0 Å². The molecule has 0 spiro atoms. The Labute approximate surface area is 122 Å². The second-order valence-corrected chi connectivity index (χ2v) is 5.00. The van der Waals surface area contributed by atoms with Gasteiger partial charge < -0.3 is 20.8 Å². The fraction of sp³-hybridized carbons (Fsp3) is 0.625. The first-order valence-corrected chi connectivity index (χ1v) is 7.66. The van der Waals surface area contributed by atoms with E-state index in [1.807, 2.05) is 0 Å². The van der Waals surface area contributed by atoms with Crippen LogP contribution in [0.2, 0.25) is 0 Å². The summed E-state index contributed by atoms with van der Waals surface area (Å²) in [5, 5.41) is 24.1. The Morgan fingerprint density at radius 3 is 1.35 bits per heavy atom. The van der Waals surface area contributed by atoms with Crippen molar-refractivity contribution >= 4 is 11.4 Å². The number of hydrogen-bond acceptors (Lipinski definition) is 4. The highest BCUT2D eigenvalue weighted by molar-refractivity contribution is 5.53. The predicted octanol–water partition coefficient (Wildman–Crippen LogP) is 2.84. The highest BCUT2D eigenvalue weighted by atomic mass is 16.3. The highest BCUT2D eigenvalue weighted by Crippen LogP contribution is 2.14. The van der Waals surface area contributed by atoms with E-state index in [0.717, 1.165) is 63.0 Å². The summed E-state index contributed by atoms with van der Waals surface area (Å²) in [6, 6.07) is 8.34. The van der Waals surface area contributed by atoms with E-state index in [4.69, 9.17) is 10.2 Å². The average Bonchev–Trinajstić information content (AvgIpc) is 2.48. The van der Waals surface area contributed by atoms with Crippen LogP contribution in [0.4, 0.5) is 11.4 Å². The minimum atomic E-state index is 0.290. The third kappa shape index (κ3) is 8.02. The second-order valence-electron chi connectivity index (χ2n) is 5.00. The van der Waals surface area contributed by atoms with Gasteiger partial charge in [0.15, 0.2) is 0 Å². The van der Waals surface area contributed by atoms with Crippen LogP contribution in [0.5, 0.6) is 0 Å². The fourth-order valence-corrected chi connectivity index (χ4v) is 2.00. The Balaban J connectivity index is 2.13. The lowest BCUT2D eigenvalue weighted by molar-refractivity contribution is 0.283. The number of rotatable bonds is 12. The molecule has 0 atom stereocenters. The van der Waals surface area contributed by atoms with Gasteiger partial charge in [0.2, 0.25) is 0 Å². The molecule has 0 bridgehead atoms. The SMILES string of the molecule is OCCCCCNc1ccc(NCCCCCO)cc1. The topological polar surface area (TPSA) is 64.5 Å². The van der Waals surface area contributed by atoms with E-state index in [2.05, 4.69) is 34.9 Å². The van der Waals surface area contributed by atoms with Crippen LogP contribution >= 0.6 is 0 Å². The Hall–Kier alpha value is -1.26. The number of benzene rings is 1. The fourth-order valence-electron chi connectivity index (χ4n) is 2.00. The normalized spacial score (nSPS) is 10.5. The highest BCUT2D eigenvalue weighted by Gasteiger charge is 1.95. The predicted molar refractivity (Wildman–Crippen MR) is 85.3 cm³/mol. The molecule has 0 heterocycles. The van der Waals surface area contributed by atoms with E-state index in [1.165, 1.54) is 0 Å². The quantitative estimate of drug-likeness (QED) is 0.445. The van der Waals surface area contributed by atoms with Gasteiger partial charge in [-0.25, -0.2) is 0 Å². The second kappa shape index (κ2) is 11.6. The van der Waals surface area contributed by atoms with Gasteiger partial charge in [-0.2, -0.15) is 0 Å². The molecule has 0 aromatic heterocycles. The van der Waals surface area contributed by atoms with Crippen molar-refractivity contribution in [1.82, 2.24) is 0 Å². The lowest BCUT2D eigenvalue weighted by Gasteiger charge is -2.09. The van der Waals surface area contributed by atoms with E-state index in [-0.39, 0.29) is 0 Å². The molecular weight excluding hydrogens is 252 g/mol. The van der Waals surface area contributed by atoms with Gasteiger partial charge in [-0.05, 0) is 62.8 Å². The van der Waals surface area contributed by atoms with Crippen molar-refractivity contribution in [2.75, 3.05) is 36.9 Å². The summed E-state index contributed by atoms with van der Waals surface area (Å²) in [5.74, 6) is 0. The molecule has 1 rings (SSSR count). The number of aliphatic hydroxyl groups is 2. The maximum atomic E-state index is 8.69. The summed E-state index contributed by atoms with van der Waals surface area (Å²) in [7, 11) is 0. The monoisotopic (exact) mass is 280 g/mol. The third-order valence-corrected chi connectivity index (χ3v) is 3.21. The molecule has 0 aliphatic rings. The summed E-state index contributed by atoms with van der Waals surface area (Å²) in [6.45, 7) is 2.49. The Kier molecular flexibility index (Phi) is 9.70. The zero-order valence-corrected chi connectivity index (χ0v) is 12.3. The molecule has 4 nitrogen and oxygen atoms in total. The van der Waals surface area contributed by atoms with Gasteiger partial charge in [0.1, 0.15) is 0 Å². The van der Waals surface area contributed by atoms with Gasteiger partial charge in [0, 0.05) is 37.7 Å². The van der Waals surface area contributed by atoms with E-state index < -0.39 is 0 Å². The Morgan fingerprint density at radius 2 is 1.00 bits per heavy atom. The van der Waals surface area contributed by atoms with Gasteiger partial charge in [0.25, 0.3) is 0 Å². The van der Waals surface area contributed by atoms with Crippen LogP contribution in [0.1, 0.15) is 38.5 Å². The lowest BCUT2D eigenvalue weighted by atomic mass is 10.2. The molecule has 114 valence electrons. The molecule has 20 heavy (non-hydrogen) atoms. The van der Waals surface area contributed by atoms with E-state index in [1.54, 1.807) is 0 Å². The van der Waals surface area contributed by atoms with Crippen molar-refractivity contribution in [1.29, 1.82) is 0 Å². The maximum Gasteiger partial charge on any atom is 0.0431 e. The van der Waals surface area contributed by atoms with Crippen molar-refractivity contribution in [3.05, 3.63) is 24.3 Å². The molecule has 1 aromatic rings. The van der Waals surface area contributed by atoms with Crippen LogP contribution in [0.3, 0.4) is 0 Å². The summed E-state index contributed by atoms with van der Waals surface area (Å²) < 4.78 is 0. The molecule has 0 aliphatic carbocycles. The average molecular weight is 280 g/mol. The summed E-state index contributed by atoms with van der Waals surface area (Å²) in [6.07, 6.45) is 6.09. The smallest absolute Gasteiger partial charge is 0.0431 e. The van der Waals surface area contributed by atoms with Gasteiger partial charge in [-0.1, -0.05) is 0 Å². The third-order valence-electron chi connectivity index (χ3n) is 3.21. The van der Waals surface area contributed by atoms with Crippen molar-refractivity contribution in [3.63, 3.8) is 0 Å². The first-order valence-electron chi connectivity index (χ1n) is 7.66. The number of hydrogen-bond donors (Lipinski definition) is 4. The molecule has 4 N–H and O–H groups in total. The molecule has 0 saturated carbocycles. The molecule has 0 radical (unpaired) electrons. The zero-order valence-electron chi connectivity index (χ0n) is 12.3. The molecular formula is C16H28N2O2. The van der Waals surface area contributed by atoms with Gasteiger partial charge in [-0.15, -0.1) is 0 Å². The van der Waals surface area contributed by atoms with Crippen LogP contribution in [0.25, 0.3) is 0 Å². The lowest BCUT2D eigenvalue weighted by Crippen LogP contribution is -2.03. The van der Waals surface area contributed by atoms with Crippen molar-refractivity contribution in [2.45, 2.75) is 38.5 Å². The van der Waals surface area contributed by atoms with E-state index in [0.29, 0.717) is 13.2 Å².